The van der Waals surface area contributed by atoms with Crippen LogP contribution in [0.15, 0.2) is 18.2 Å². The molecule has 5 heteroatoms. The van der Waals surface area contributed by atoms with Crippen LogP contribution in [0, 0.1) is 16.0 Å². The Morgan fingerprint density at radius 3 is 2.48 bits per heavy atom. The molecule has 0 heterocycles. The molecule has 0 spiro atoms. The Labute approximate surface area is 127 Å². The van der Waals surface area contributed by atoms with Crippen LogP contribution in [-0.4, -0.2) is 17.5 Å². The van der Waals surface area contributed by atoms with Crippen LogP contribution in [-0.2, 0) is 0 Å². The van der Waals surface area contributed by atoms with Gasteiger partial charge in [-0.05, 0) is 37.8 Å². The molecule has 2 unspecified atom stereocenters. The summed E-state index contributed by atoms with van der Waals surface area (Å²) in [6.45, 7) is 9.20. The van der Waals surface area contributed by atoms with Crippen molar-refractivity contribution >= 4 is 17.1 Å². The maximum absolute atomic E-state index is 11.4. The molecule has 0 amide bonds. The van der Waals surface area contributed by atoms with Crippen molar-refractivity contribution in [3.05, 3.63) is 28.3 Å². The highest BCUT2D eigenvalue weighted by Crippen LogP contribution is 2.33. The van der Waals surface area contributed by atoms with Crippen molar-refractivity contribution < 1.29 is 4.92 Å². The number of para-hydroxylation sites is 1. The Hall–Kier alpha value is -1.78. The molecule has 2 atom stereocenters. The van der Waals surface area contributed by atoms with E-state index in [1.54, 1.807) is 12.1 Å². The first-order chi connectivity index (χ1) is 9.99. The van der Waals surface area contributed by atoms with Gasteiger partial charge in [-0.25, -0.2) is 0 Å². The molecule has 0 aliphatic rings. The quantitative estimate of drug-likeness (QED) is 0.513. The fraction of sp³-hybridized carbons (Fsp3) is 0.625. The van der Waals surface area contributed by atoms with Crippen molar-refractivity contribution in [1.29, 1.82) is 0 Å². The first-order valence-electron chi connectivity index (χ1n) is 7.77. The van der Waals surface area contributed by atoms with Crippen LogP contribution in [0.25, 0.3) is 0 Å². The number of hydrogen-bond donors (Lipinski definition) is 2. The number of nitrogens with one attached hydrogen (secondary N) is 2. The molecule has 1 rings (SSSR count). The summed E-state index contributed by atoms with van der Waals surface area (Å²) in [7, 11) is 0. The second kappa shape index (κ2) is 8.49. The molecule has 21 heavy (non-hydrogen) atoms. The summed E-state index contributed by atoms with van der Waals surface area (Å²) >= 11 is 0. The lowest BCUT2D eigenvalue weighted by molar-refractivity contribution is -0.383. The van der Waals surface area contributed by atoms with Crippen LogP contribution in [0.4, 0.5) is 17.1 Å². The maximum Gasteiger partial charge on any atom is 0.315 e. The molecule has 118 valence electrons. The number of nitro groups is 1. The van der Waals surface area contributed by atoms with E-state index in [-0.39, 0.29) is 16.7 Å². The highest BCUT2D eigenvalue weighted by molar-refractivity contribution is 5.76. The van der Waals surface area contributed by atoms with Gasteiger partial charge in [0.05, 0.1) is 4.92 Å². The lowest BCUT2D eigenvalue weighted by atomic mass is 10.00. The summed E-state index contributed by atoms with van der Waals surface area (Å²) in [6.07, 6.45) is 3.05. The van der Waals surface area contributed by atoms with Gasteiger partial charge in [-0.15, -0.1) is 0 Å². The summed E-state index contributed by atoms with van der Waals surface area (Å²) in [6, 6.07) is 5.60. The molecule has 1 aromatic carbocycles. The van der Waals surface area contributed by atoms with Crippen LogP contribution >= 0.6 is 0 Å². The highest BCUT2D eigenvalue weighted by Gasteiger charge is 2.20. The molecule has 5 nitrogen and oxygen atoms in total. The second-order valence-corrected chi connectivity index (χ2v) is 5.68. The molecule has 2 N–H and O–H groups in total. The van der Waals surface area contributed by atoms with E-state index in [1.165, 1.54) is 0 Å². The number of anilines is 2. The van der Waals surface area contributed by atoms with Gasteiger partial charge >= 0.3 is 5.69 Å². The predicted octanol–water partition coefficient (Wildman–Crippen LogP) is 4.65. The van der Waals surface area contributed by atoms with Gasteiger partial charge in [-0.3, -0.25) is 10.1 Å². The smallest absolute Gasteiger partial charge is 0.315 e. The number of nitro benzene ring substituents is 1. The van der Waals surface area contributed by atoms with Crippen molar-refractivity contribution in [3.63, 3.8) is 0 Å². The van der Waals surface area contributed by atoms with Gasteiger partial charge in [0.15, 0.2) is 0 Å². The van der Waals surface area contributed by atoms with E-state index < -0.39 is 0 Å². The van der Waals surface area contributed by atoms with Crippen LogP contribution < -0.4 is 10.6 Å². The van der Waals surface area contributed by atoms with E-state index in [4.69, 9.17) is 0 Å². The topological polar surface area (TPSA) is 67.2 Å². The van der Waals surface area contributed by atoms with E-state index in [9.17, 15) is 10.1 Å². The number of benzene rings is 1. The number of nitrogens with zero attached hydrogens (tertiary/aromatic N) is 1. The third kappa shape index (κ3) is 5.25. The third-order valence-electron chi connectivity index (χ3n) is 3.64. The normalized spacial score (nSPS) is 13.5. The standard InChI is InChI=1S/C16H27N3O2/c1-5-10-17-14-8-7-9-15(16(14)19(20)21)18-13(4)11-12(3)6-2/h7-9,12-13,17-18H,5-6,10-11H2,1-4H3. The molecular formula is C16H27N3O2. The van der Waals surface area contributed by atoms with Crippen molar-refractivity contribution in [2.24, 2.45) is 5.92 Å². The Balaban J connectivity index is 2.92. The SMILES string of the molecule is CCCNc1cccc(NC(C)CC(C)CC)c1[N+](=O)[O-]. The monoisotopic (exact) mass is 293 g/mol. The molecule has 0 fully saturated rings. The summed E-state index contributed by atoms with van der Waals surface area (Å²) in [5, 5.41) is 17.8. The minimum absolute atomic E-state index is 0.141. The summed E-state index contributed by atoms with van der Waals surface area (Å²) < 4.78 is 0. The molecular weight excluding hydrogens is 266 g/mol. The van der Waals surface area contributed by atoms with Gasteiger partial charge in [0.25, 0.3) is 0 Å². The Bertz CT molecular complexity index is 463. The Kier molecular flexibility index (Phi) is 6.99. The van der Waals surface area contributed by atoms with Crippen LogP contribution in [0.2, 0.25) is 0 Å². The molecule has 0 saturated heterocycles. The van der Waals surface area contributed by atoms with Gasteiger partial charge in [-0.1, -0.05) is 33.3 Å². The molecule has 0 aliphatic carbocycles. The zero-order valence-corrected chi connectivity index (χ0v) is 13.5. The summed E-state index contributed by atoms with van der Waals surface area (Å²) in [5.74, 6) is 0.605. The van der Waals surface area contributed by atoms with Crippen molar-refractivity contribution in [2.75, 3.05) is 17.2 Å². The van der Waals surface area contributed by atoms with Crippen LogP contribution in [0.1, 0.15) is 47.0 Å². The first-order valence-corrected chi connectivity index (χ1v) is 7.77. The lowest BCUT2D eigenvalue weighted by Crippen LogP contribution is -2.19. The molecule has 1 aromatic rings. The largest absolute Gasteiger partial charge is 0.379 e. The number of hydrogen-bond acceptors (Lipinski definition) is 4. The van der Waals surface area contributed by atoms with E-state index in [0.29, 0.717) is 17.3 Å². The Morgan fingerprint density at radius 1 is 1.24 bits per heavy atom. The fourth-order valence-corrected chi connectivity index (χ4v) is 2.35. The van der Waals surface area contributed by atoms with Gasteiger partial charge in [0.2, 0.25) is 0 Å². The first kappa shape index (κ1) is 17.3. The van der Waals surface area contributed by atoms with E-state index in [1.807, 2.05) is 13.0 Å². The van der Waals surface area contributed by atoms with E-state index in [0.717, 1.165) is 25.8 Å². The molecule has 0 aromatic heterocycles. The van der Waals surface area contributed by atoms with Crippen molar-refractivity contribution in [3.8, 4) is 0 Å². The van der Waals surface area contributed by atoms with Crippen LogP contribution in [0.5, 0.6) is 0 Å². The average molecular weight is 293 g/mol. The van der Waals surface area contributed by atoms with Gasteiger partial charge < -0.3 is 10.6 Å². The van der Waals surface area contributed by atoms with Crippen molar-refractivity contribution in [2.45, 2.75) is 53.0 Å². The lowest BCUT2D eigenvalue weighted by Gasteiger charge is -2.19. The molecule has 0 radical (unpaired) electrons. The van der Waals surface area contributed by atoms with Gasteiger partial charge in [0.1, 0.15) is 11.4 Å². The minimum atomic E-state index is -0.309. The predicted molar refractivity (Wildman–Crippen MR) is 89.0 cm³/mol. The second-order valence-electron chi connectivity index (χ2n) is 5.68. The minimum Gasteiger partial charge on any atom is -0.379 e. The number of rotatable bonds is 9. The summed E-state index contributed by atoms with van der Waals surface area (Å²) in [5.41, 5.74) is 1.32. The van der Waals surface area contributed by atoms with Crippen LogP contribution in [0.3, 0.4) is 0 Å². The Morgan fingerprint density at radius 2 is 1.90 bits per heavy atom. The molecule has 0 aliphatic heterocycles. The van der Waals surface area contributed by atoms with Gasteiger partial charge in [0, 0.05) is 12.6 Å². The van der Waals surface area contributed by atoms with Crippen molar-refractivity contribution in [1.82, 2.24) is 0 Å². The molecule has 0 bridgehead atoms. The summed E-state index contributed by atoms with van der Waals surface area (Å²) in [4.78, 5) is 11.1. The fourth-order valence-electron chi connectivity index (χ4n) is 2.35. The zero-order chi connectivity index (χ0) is 15.8. The van der Waals surface area contributed by atoms with E-state index in [2.05, 4.69) is 31.4 Å². The molecule has 0 saturated carbocycles. The maximum atomic E-state index is 11.4. The average Bonchev–Trinajstić information content (AvgIpc) is 2.44. The zero-order valence-electron chi connectivity index (χ0n) is 13.5. The highest BCUT2D eigenvalue weighted by atomic mass is 16.6. The van der Waals surface area contributed by atoms with E-state index >= 15 is 0 Å². The third-order valence-corrected chi connectivity index (χ3v) is 3.64. The van der Waals surface area contributed by atoms with Gasteiger partial charge in [-0.2, -0.15) is 0 Å².